The molecule has 2 nitrogen and oxygen atoms in total. The maximum absolute atomic E-state index is 3.73. The minimum Gasteiger partial charge on any atom is -0.309 e. The van der Waals surface area contributed by atoms with E-state index in [1.807, 2.05) is 11.3 Å². The van der Waals surface area contributed by atoms with E-state index in [9.17, 15) is 0 Å². The van der Waals surface area contributed by atoms with Crippen LogP contribution in [0.4, 0.5) is 0 Å². The van der Waals surface area contributed by atoms with Gasteiger partial charge in [-0.05, 0) is 56.6 Å². The van der Waals surface area contributed by atoms with Gasteiger partial charge >= 0.3 is 0 Å². The van der Waals surface area contributed by atoms with Gasteiger partial charge in [0.1, 0.15) is 0 Å². The van der Waals surface area contributed by atoms with E-state index in [2.05, 4.69) is 41.7 Å². The minimum atomic E-state index is 0.590. The van der Waals surface area contributed by atoms with E-state index in [0.29, 0.717) is 6.04 Å². The Morgan fingerprint density at radius 1 is 1.39 bits per heavy atom. The van der Waals surface area contributed by atoms with Crippen molar-refractivity contribution in [2.45, 2.75) is 50.7 Å². The monoisotopic (exact) mass is 264 g/mol. The van der Waals surface area contributed by atoms with Crippen molar-refractivity contribution in [1.82, 2.24) is 10.2 Å². The fraction of sp³-hybridized carbons (Fsp3) is 0.733. The number of piperidine rings is 1. The second-order valence-electron chi connectivity index (χ2n) is 5.83. The maximum Gasteiger partial charge on any atom is 0.0444 e. The summed E-state index contributed by atoms with van der Waals surface area (Å²) in [7, 11) is 2.33. The van der Waals surface area contributed by atoms with Crippen molar-refractivity contribution in [1.29, 1.82) is 0 Å². The number of rotatable bonds is 4. The highest BCUT2D eigenvalue weighted by Crippen LogP contribution is 2.43. The lowest BCUT2D eigenvalue weighted by Crippen LogP contribution is -2.43. The van der Waals surface area contributed by atoms with Crippen LogP contribution in [0.15, 0.2) is 17.5 Å². The Hall–Kier alpha value is -0.380. The van der Waals surface area contributed by atoms with Crippen LogP contribution in [0.3, 0.4) is 0 Å². The predicted octanol–water partition coefficient (Wildman–Crippen LogP) is 3.27. The molecule has 3 unspecified atom stereocenters. The third-order valence-electron chi connectivity index (χ3n) is 4.88. The smallest absolute Gasteiger partial charge is 0.0444 e. The molecule has 1 N–H and O–H groups in total. The molecule has 2 bridgehead atoms. The van der Waals surface area contributed by atoms with E-state index < -0.39 is 0 Å². The lowest BCUT2D eigenvalue weighted by atomic mass is 9.84. The van der Waals surface area contributed by atoms with E-state index in [1.165, 1.54) is 30.6 Å². The van der Waals surface area contributed by atoms with Gasteiger partial charge < -0.3 is 10.2 Å². The first-order valence-electron chi connectivity index (χ1n) is 7.28. The largest absolute Gasteiger partial charge is 0.309 e. The van der Waals surface area contributed by atoms with Gasteiger partial charge in [0.2, 0.25) is 0 Å². The molecular formula is C15H24N2S. The molecule has 0 radical (unpaired) electrons. The van der Waals surface area contributed by atoms with Gasteiger partial charge in [0.15, 0.2) is 0 Å². The van der Waals surface area contributed by atoms with Crippen molar-refractivity contribution in [3.8, 4) is 0 Å². The summed E-state index contributed by atoms with van der Waals surface area (Å²) in [4.78, 5) is 4.17. The molecule has 2 saturated heterocycles. The molecule has 100 valence electrons. The topological polar surface area (TPSA) is 15.3 Å². The van der Waals surface area contributed by atoms with Crippen LogP contribution in [0.25, 0.3) is 0 Å². The third-order valence-corrected chi connectivity index (χ3v) is 5.84. The van der Waals surface area contributed by atoms with Crippen LogP contribution in [0.5, 0.6) is 0 Å². The third kappa shape index (κ3) is 2.24. The first-order valence-corrected chi connectivity index (χ1v) is 8.16. The average Bonchev–Trinajstić information content (AvgIpc) is 2.94. The fourth-order valence-electron chi connectivity index (χ4n) is 3.91. The van der Waals surface area contributed by atoms with E-state index >= 15 is 0 Å². The maximum atomic E-state index is 3.73. The van der Waals surface area contributed by atoms with E-state index in [-0.39, 0.29) is 0 Å². The SMILES string of the molecule is CCNC(c1cccs1)C1CC2CCC(C1)N2C. The minimum absolute atomic E-state index is 0.590. The standard InChI is InChI=1S/C15H24N2S/c1-3-16-15(14-5-4-8-18-14)11-9-12-6-7-13(10-11)17(12)2/h4-5,8,11-13,15-16H,3,6-7,9-10H2,1-2H3. The predicted molar refractivity (Wildman–Crippen MR) is 78.0 cm³/mol. The zero-order chi connectivity index (χ0) is 12.5. The molecule has 18 heavy (non-hydrogen) atoms. The van der Waals surface area contributed by atoms with Crippen molar-refractivity contribution < 1.29 is 0 Å². The lowest BCUT2D eigenvalue weighted by molar-refractivity contribution is 0.113. The quantitative estimate of drug-likeness (QED) is 0.898. The molecule has 3 rings (SSSR count). The summed E-state index contributed by atoms with van der Waals surface area (Å²) in [6, 6.07) is 6.77. The molecule has 0 spiro atoms. The highest BCUT2D eigenvalue weighted by Gasteiger charge is 2.41. The van der Waals surface area contributed by atoms with Crippen molar-refractivity contribution in [2.24, 2.45) is 5.92 Å². The highest BCUT2D eigenvalue weighted by atomic mass is 32.1. The molecular weight excluding hydrogens is 240 g/mol. The van der Waals surface area contributed by atoms with Gasteiger partial charge in [-0.1, -0.05) is 13.0 Å². The number of hydrogen-bond donors (Lipinski definition) is 1. The van der Waals surface area contributed by atoms with E-state index in [0.717, 1.165) is 24.5 Å². The number of nitrogens with zero attached hydrogens (tertiary/aromatic N) is 1. The molecule has 2 aliphatic heterocycles. The fourth-order valence-corrected chi connectivity index (χ4v) is 4.81. The van der Waals surface area contributed by atoms with Crippen LogP contribution in [0.2, 0.25) is 0 Å². The zero-order valence-electron chi connectivity index (χ0n) is 11.4. The van der Waals surface area contributed by atoms with E-state index in [1.54, 1.807) is 0 Å². The molecule has 3 heterocycles. The highest BCUT2D eigenvalue weighted by molar-refractivity contribution is 7.10. The second-order valence-corrected chi connectivity index (χ2v) is 6.81. The zero-order valence-corrected chi connectivity index (χ0v) is 12.2. The van der Waals surface area contributed by atoms with Crippen LogP contribution >= 0.6 is 11.3 Å². The first kappa shape index (κ1) is 12.6. The van der Waals surface area contributed by atoms with Gasteiger partial charge in [-0.15, -0.1) is 11.3 Å². The average molecular weight is 264 g/mol. The van der Waals surface area contributed by atoms with Crippen molar-refractivity contribution in [2.75, 3.05) is 13.6 Å². The summed E-state index contributed by atoms with van der Waals surface area (Å²) >= 11 is 1.91. The summed E-state index contributed by atoms with van der Waals surface area (Å²) in [6.45, 7) is 3.30. The summed E-state index contributed by atoms with van der Waals surface area (Å²) in [5.74, 6) is 0.831. The lowest BCUT2D eigenvalue weighted by Gasteiger charge is -2.39. The van der Waals surface area contributed by atoms with Crippen molar-refractivity contribution in [3.05, 3.63) is 22.4 Å². The molecule has 0 aromatic carbocycles. The van der Waals surface area contributed by atoms with Crippen LogP contribution < -0.4 is 5.32 Å². The van der Waals surface area contributed by atoms with Crippen LogP contribution in [-0.4, -0.2) is 30.6 Å². The Morgan fingerprint density at radius 2 is 2.11 bits per heavy atom. The molecule has 0 amide bonds. The summed E-state index contributed by atoms with van der Waals surface area (Å²) in [6.07, 6.45) is 5.59. The van der Waals surface area contributed by atoms with Crippen LogP contribution in [-0.2, 0) is 0 Å². The van der Waals surface area contributed by atoms with Gasteiger partial charge in [-0.25, -0.2) is 0 Å². The van der Waals surface area contributed by atoms with Gasteiger partial charge in [0, 0.05) is 23.0 Å². The molecule has 2 aliphatic rings. The van der Waals surface area contributed by atoms with Gasteiger partial charge in [-0.3, -0.25) is 0 Å². The Balaban J connectivity index is 1.76. The Kier molecular flexibility index (Phi) is 3.73. The Bertz CT molecular complexity index is 362. The number of hydrogen-bond acceptors (Lipinski definition) is 3. The van der Waals surface area contributed by atoms with E-state index in [4.69, 9.17) is 0 Å². The van der Waals surface area contributed by atoms with Crippen molar-refractivity contribution in [3.63, 3.8) is 0 Å². The second kappa shape index (κ2) is 5.32. The molecule has 3 heteroatoms. The molecule has 1 aromatic rings. The van der Waals surface area contributed by atoms with Gasteiger partial charge in [-0.2, -0.15) is 0 Å². The number of fused-ring (bicyclic) bond motifs is 2. The Morgan fingerprint density at radius 3 is 2.67 bits per heavy atom. The summed E-state index contributed by atoms with van der Waals surface area (Å²) in [5.41, 5.74) is 0. The number of thiophene rings is 1. The molecule has 3 atom stereocenters. The Labute approximate surface area is 114 Å². The summed E-state index contributed by atoms with van der Waals surface area (Å²) in [5, 5.41) is 5.94. The van der Waals surface area contributed by atoms with Crippen LogP contribution in [0.1, 0.15) is 43.5 Å². The normalized spacial score (nSPS) is 33.8. The molecule has 1 aromatic heterocycles. The molecule has 0 aliphatic carbocycles. The van der Waals surface area contributed by atoms with Gasteiger partial charge in [0.05, 0.1) is 0 Å². The first-order chi connectivity index (χ1) is 8.79. The van der Waals surface area contributed by atoms with Crippen LogP contribution in [0, 0.1) is 5.92 Å². The molecule has 2 fully saturated rings. The molecule has 0 saturated carbocycles. The summed E-state index contributed by atoms with van der Waals surface area (Å²) < 4.78 is 0. The van der Waals surface area contributed by atoms with Crippen molar-refractivity contribution >= 4 is 11.3 Å². The van der Waals surface area contributed by atoms with Gasteiger partial charge in [0.25, 0.3) is 0 Å². The number of nitrogens with one attached hydrogen (secondary N) is 1.